The summed E-state index contributed by atoms with van der Waals surface area (Å²) in [5.41, 5.74) is 1.92. The molecule has 3 aromatic rings. The van der Waals surface area contributed by atoms with Crippen LogP contribution in [0.15, 0.2) is 66.7 Å². The minimum absolute atomic E-state index is 0.0241. The van der Waals surface area contributed by atoms with Gasteiger partial charge in [0, 0.05) is 10.7 Å². The lowest BCUT2D eigenvalue weighted by Gasteiger charge is -2.25. The summed E-state index contributed by atoms with van der Waals surface area (Å²) in [6.07, 6.45) is 0. The lowest BCUT2D eigenvalue weighted by molar-refractivity contribution is 0.256. The van der Waals surface area contributed by atoms with E-state index >= 15 is 0 Å². The molecule has 0 aromatic heterocycles. The van der Waals surface area contributed by atoms with Gasteiger partial charge >= 0.3 is 6.03 Å². The SMILES string of the molecule is COc1cc(CN(C(=O)Nc2ccccc2)c2ccc(Cl)cc2Cl)ccc1O. The molecule has 0 aliphatic heterocycles. The van der Waals surface area contributed by atoms with Crippen LogP contribution in [0.1, 0.15) is 5.56 Å². The third-order valence-corrected chi connectivity index (χ3v) is 4.59. The molecule has 0 spiro atoms. The van der Waals surface area contributed by atoms with Gasteiger partial charge in [-0.2, -0.15) is 0 Å². The Balaban J connectivity index is 1.95. The first-order valence-electron chi connectivity index (χ1n) is 8.42. The van der Waals surface area contributed by atoms with Crippen LogP contribution in [0, 0.1) is 0 Å². The highest BCUT2D eigenvalue weighted by atomic mass is 35.5. The number of hydrogen-bond donors (Lipinski definition) is 2. The number of nitrogens with one attached hydrogen (secondary N) is 1. The summed E-state index contributed by atoms with van der Waals surface area (Å²) < 4.78 is 5.16. The second-order valence-corrected chi connectivity index (χ2v) is 6.83. The molecule has 0 bridgehead atoms. The van der Waals surface area contributed by atoms with Gasteiger partial charge in [-0.1, -0.05) is 47.5 Å². The van der Waals surface area contributed by atoms with Gasteiger partial charge in [-0.05, 0) is 48.0 Å². The summed E-state index contributed by atoms with van der Waals surface area (Å²) in [4.78, 5) is 14.5. The highest BCUT2D eigenvalue weighted by molar-refractivity contribution is 6.36. The van der Waals surface area contributed by atoms with Crippen molar-refractivity contribution >= 4 is 40.6 Å². The van der Waals surface area contributed by atoms with Crippen molar-refractivity contribution in [3.05, 3.63) is 82.3 Å². The average Bonchev–Trinajstić information content (AvgIpc) is 2.68. The molecule has 0 heterocycles. The molecular formula is C21H18Cl2N2O3. The maximum Gasteiger partial charge on any atom is 0.326 e. The molecule has 0 unspecified atom stereocenters. The zero-order valence-corrected chi connectivity index (χ0v) is 16.5. The van der Waals surface area contributed by atoms with E-state index in [0.29, 0.717) is 27.2 Å². The van der Waals surface area contributed by atoms with E-state index in [9.17, 15) is 9.90 Å². The first-order valence-corrected chi connectivity index (χ1v) is 9.18. The number of aromatic hydroxyl groups is 1. The van der Waals surface area contributed by atoms with E-state index in [-0.39, 0.29) is 18.3 Å². The van der Waals surface area contributed by atoms with Gasteiger partial charge in [0.1, 0.15) is 0 Å². The van der Waals surface area contributed by atoms with Gasteiger partial charge in [0.05, 0.1) is 24.4 Å². The van der Waals surface area contributed by atoms with Gasteiger partial charge in [0.25, 0.3) is 0 Å². The van der Waals surface area contributed by atoms with Gasteiger partial charge < -0.3 is 15.2 Å². The Morgan fingerprint density at radius 1 is 1.07 bits per heavy atom. The molecular weight excluding hydrogens is 399 g/mol. The van der Waals surface area contributed by atoms with Crippen molar-refractivity contribution in [2.45, 2.75) is 6.54 Å². The molecule has 2 amide bonds. The molecule has 7 heteroatoms. The van der Waals surface area contributed by atoms with Gasteiger partial charge in [-0.15, -0.1) is 0 Å². The Labute approximate surface area is 173 Å². The molecule has 0 aliphatic rings. The molecule has 3 rings (SSSR count). The van der Waals surface area contributed by atoms with Gasteiger partial charge in [-0.25, -0.2) is 4.79 Å². The summed E-state index contributed by atoms with van der Waals surface area (Å²) >= 11 is 12.4. The molecule has 5 nitrogen and oxygen atoms in total. The molecule has 0 aliphatic carbocycles. The average molecular weight is 417 g/mol. The molecule has 3 aromatic carbocycles. The predicted molar refractivity (Wildman–Crippen MR) is 113 cm³/mol. The fourth-order valence-electron chi connectivity index (χ4n) is 2.68. The number of phenolic OH excluding ortho intramolecular Hbond substituents is 1. The van der Waals surface area contributed by atoms with E-state index in [4.69, 9.17) is 27.9 Å². The van der Waals surface area contributed by atoms with E-state index in [1.807, 2.05) is 18.2 Å². The molecule has 0 radical (unpaired) electrons. The molecule has 28 heavy (non-hydrogen) atoms. The number of carbonyl (C=O) groups is 1. The number of anilines is 2. The van der Waals surface area contributed by atoms with Crippen LogP contribution in [0.4, 0.5) is 16.2 Å². The van der Waals surface area contributed by atoms with Gasteiger partial charge in [0.2, 0.25) is 0 Å². The second-order valence-electron chi connectivity index (χ2n) is 5.98. The third kappa shape index (κ3) is 4.68. The summed E-state index contributed by atoms with van der Waals surface area (Å²) in [6, 6.07) is 18.6. The number of urea groups is 1. The number of rotatable bonds is 5. The van der Waals surface area contributed by atoms with Crippen LogP contribution in [-0.4, -0.2) is 18.2 Å². The van der Waals surface area contributed by atoms with Crippen molar-refractivity contribution in [2.75, 3.05) is 17.3 Å². The van der Waals surface area contributed by atoms with Crippen molar-refractivity contribution in [1.29, 1.82) is 0 Å². The van der Waals surface area contributed by atoms with Crippen LogP contribution in [0.25, 0.3) is 0 Å². The van der Waals surface area contributed by atoms with Crippen LogP contribution in [0.3, 0.4) is 0 Å². The largest absolute Gasteiger partial charge is 0.504 e. The topological polar surface area (TPSA) is 61.8 Å². The summed E-state index contributed by atoms with van der Waals surface area (Å²) in [5.74, 6) is 0.346. The number of para-hydroxylation sites is 1. The first kappa shape index (κ1) is 19.9. The van der Waals surface area contributed by atoms with E-state index in [1.54, 1.807) is 42.5 Å². The molecule has 0 saturated carbocycles. The lowest BCUT2D eigenvalue weighted by Crippen LogP contribution is -2.34. The summed E-state index contributed by atoms with van der Waals surface area (Å²) in [7, 11) is 1.47. The van der Waals surface area contributed by atoms with E-state index in [0.717, 1.165) is 5.56 Å². The number of halogens is 2. The van der Waals surface area contributed by atoms with Crippen LogP contribution >= 0.6 is 23.2 Å². The molecule has 144 valence electrons. The smallest absolute Gasteiger partial charge is 0.326 e. The van der Waals surface area contributed by atoms with Crippen molar-refractivity contribution in [3.8, 4) is 11.5 Å². The zero-order chi connectivity index (χ0) is 20.1. The Morgan fingerprint density at radius 3 is 2.50 bits per heavy atom. The van der Waals surface area contributed by atoms with Crippen LogP contribution in [0.5, 0.6) is 11.5 Å². The Morgan fingerprint density at radius 2 is 1.82 bits per heavy atom. The number of hydrogen-bond acceptors (Lipinski definition) is 3. The standard InChI is InChI=1S/C21H18Cl2N2O3/c1-28-20-11-14(7-10-19(20)26)13-25(18-9-8-15(22)12-17(18)23)21(27)24-16-5-3-2-4-6-16/h2-12,26H,13H2,1H3,(H,24,27). The Bertz CT molecular complexity index is 981. The summed E-state index contributed by atoms with van der Waals surface area (Å²) in [6.45, 7) is 0.205. The quantitative estimate of drug-likeness (QED) is 0.540. The summed E-state index contributed by atoms with van der Waals surface area (Å²) in [5, 5.41) is 13.5. The van der Waals surface area contributed by atoms with Crippen molar-refractivity contribution in [1.82, 2.24) is 0 Å². The van der Waals surface area contributed by atoms with E-state index < -0.39 is 0 Å². The fourth-order valence-corrected chi connectivity index (χ4v) is 3.19. The number of benzene rings is 3. The van der Waals surface area contributed by atoms with E-state index in [2.05, 4.69) is 5.32 Å². The van der Waals surface area contributed by atoms with Crippen molar-refractivity contribution in [2.24, 2.45) is 0 Å². The van der Waals surface area contributed by atoms with Gasteiger partial charge in [-0.3, -0.25) is 4.90 Å². The predicted octanol–water partition coefficient (Wildman–Crippen LogP) is 5.95. The lowest BCUT2D eigenvalue weighted by atomic mass is 10.1. The van der Waals surface area contributed by atoms with Crippen molar-refractivity contribution < 1.29 is 14.6 Å². The molecule has 0 atom stereocenters. The van der Waals surface area contributed by atoms with E-state index in [1.165, 1.54) is 18.1 Å². The highest BCUT2D eigenvalue weighted by Crippen LogP contribution is 2.32. The van der Waals surface area contributed by atoms with Crippen LogP contribution < -0.4 is 15.0 Å². The number of nitrogens with zero attached hydrogens (tertiary/aromatic N) is 1. The third-order valence-electron chi connectivity index (χ3n) is 4.06. The second kappa shape index (κ2) is 8.87. The normalized spacial score (nSPS) is 10.4. The highest BCUT2D eigenvalue weighted by Gasteiger charge is 2.20. The first-order chi connectivity index (χ1) is 13.5. The molecule has 0 fully saturated rings. The fraction of sp³-hybridized carbons (Fsp3) is 0.0952. The number of carbonyl (C=O) groups excluding carboxylic acids is 1. The maximum atomic E-state index is 13.0. The van der Waals surface area contributed by atoms with Crippen molar-refractivity contribution in [3.63, 3.8) is 0 Å². The number of ether oxygens (including phenoxy) is 1. The minimum atomic E-state index is -0.359. The monoisotopic (exact) mass is 416 g/mol. The van der Waals surface area contributed by atoms with Crippen LogP contribution in [0.2, 0.25) is 10.0 Å². The molecule has 0 saturated heterocycles. The Hall–Kier alpha value is -2.89. The zero-order valence-electron chi connectivity index (χ0n) is 15.0. The number of phenols is 1. The maximum absolute atomic E-state index is 13.0. The number of methoxy groups -OCH3 is 1. The minimum Gasteiger partial charge on any atom is -0.504 e. The Kier molecular flexibility index (Phi) is 6.29. The van der Waals surface area contributed by atoms with Gasteiger partial charge in [0.15, 0.2) is 11.5 Å². The molecule has 2 N–H and O–H groups in total. The number of amides is 2. The van der Waals surface area contributed by atoms with Crippen LogP contribution in [-0.2, 0) is 6.54 Å².